The van der Waals surface area contributed by atoms with Gasteiger partial charge in [-0.05, 0) is 0 Å². The fourth-order valence-corrected chi connectivity index (χ4v) is 1.29. The Hall–Kier alpha value is -1.27. The fraction of sp³-hybridized carbons (Fsp3) is 0.273. The van der Waals surface area contributed by atoms with Crippen molar-refractivity contribution < 1.29 is 25.1 Å². The van der Waals surface area contributed by atoms with Crippen molar-refractivity contribution in [2.75, 3.05) is 0 Å². The normalized spacial score (nSPS) is 11.8. The largest absolute Gasteiger partial charge is 0.300 e. The van der Waals surface area contributed by atoms with Crippen LogP contribution in [0.1, 0.15) is 24.2 Å². The summed E-state index contributed by atoms with van der Waals surface area (Å²) in [5.74, 6) is -2.58. The van der Waals surface area contributed by atoms with Gasteiger partial charge < -0.3 is 0 Å². The molecule has 0 saturated heterocycles. The molecule has 5 heteroatoms. The standard InChI is InChI=1S/C11H13O5/c1-8(2)11(15-13,16-14)10(12)9-6-4-3-5-7-9/h3-7,13-14H,1-2H3. The summed E-state index contributed by atoms with van der Waals surface area (Å²) in [7, 11) is 0. The number of hydrogen-bond acceptors (Lipinski definition) is 5. The van der Waals surface area contributed by atoms with Crippen LogP contribution in [0.5, 0.6) is 0 Å². The second-order valence-electron chi connectivity index (χ2n) is 3.49. The number of benzene rings is 1. The lowest BCUT2D eigenvalue weighted by atomic mass is 9.94. The highest BCUT2D eigenvalue weighted by Gasteiger charge is 2.47. The first kappa shape index (κ1) is 12.8. The number of hydrogen-bond donors (Lipinski definition) is 2. The topological polar surface area (TPSA) is 76.0 Å². The lowest BCUT2D eigenvalue weighted by Gasteiger charge is -2.28. The first-order chi connectivity index (χ1) is 7.58. The summed E-state index contributed by atoms with van der Waals surface area (Å²) in [6.07, 6.45) is 0. The van der Waals surface area contributed by atoms with Crippen molar-refractivity contribution in [3.05, 3.63) is 41.8 Å². The average molecular weight is 225 g/mol. The lowest BCUT2D eigenvalue weighted by Crippen LogP contribution is -2.46. The highest BCUT2D eigenvalue weighted by Crippen LogP contribution is 2.28. The van der Waals surface area contributed by atoms with Gasteiger partial charge in [-0.1, -0.05) is 44.2 Å². The molecular formula is C11H13O5. The third kappa shape index (κ3) is 2.12. The summed E-state index contributed by atoms with van der Waals surface area (Å²) in [6.45, 7) is 2.99. The van der Waals surface area contributed by atoms with Crippen molar-refractivity contribution in [1.29, 1.82) is 0 Å². The molecule has 0 aliphatic heterocycles. The Morgan fingerprint density at radius 3 is 2.00 bits per heavy atom. The van der Waals surface area contributed by atoms with Crippen LogP contribution >= 0.6 is 0 Å². The summed E-state index contributed by atoms with van der Waals surface area (Å²) in [6, 6.07) is 8.09. The number of carbonyl (C=O) groups is 1. The van der Waals surface area contributed by atoms with Gasteiger partial charge in [-0.15, -0.1) is 0 Å². The van der Waals surface area contributed by atoms with Crippen LogP contribution in [0.4, 0.5) is 0 Å². The highest BCUT2D eigenvalue weighted by atomic mass is 17.2. The van der Waals surface area contributed by atoms with Gasteiger partial charge in [0.05, 0.1) is 0 Å². The van der Waals surface area contributed by atoms with Gasteiger partial charge in [-0.25, -0.2) is 10.5 Å². The third-order valence-corrected chi connectivity index (χ3v) is 2.25. The van der Waals surface area contributed by atoms with Crippen molar-refractivity contribution >= 4 is 5.78 Å². The van der Waals surface area contributed by atoms with Gasteiger partial charge in [0.1, 0.15) is 0 Å². The van der Waals surface area contributed by atoms with Crippen LogP contribution in [0.3, 0.4) is 0 Å². The van der Waals surface area contributed by atoms with E-state index in [1.165, 1.54) is 26.0 Å². The Morgan fingerprint density at radius 2 is 1.62 bits per heavy atom. The first-order valence-electron chi connectivity index (χ1n) is 4.64. The molecule has 0 bridgehead atoms. The molecule has 1 rings (SSSR count). The highest BCUT2D eigenvalue weighted by molar-refractivity contribution is 6.02. The lowest BCUT2D eigenvalue weighted by molar-refractivity contribution is -0.455. The summed E-state index contributed by atoms with van der Waals surface area (Å²) >= 11 is 0. The Balaban J connectivity index is 3.10. The third-order valence-electron chi connectivity index (χ3n) is 2.25. The Bertz CT molecular complexity index is 343. The van der Waals surface area contributed by atoms with Crippen LogP contribution < -0.4 is 0 Å². The molecule has 5 nitrogen and oxygen atoms in total. The van der Waals surface area contributed by atoms with Gasteiger partial charge in [0, 0.05) is 11.5 Å². The van der Waals surface area contributed by atoms with Gasteiger partial charge >= 0.3 is 5.79 Å². The molecule has 0 aliphatic rings. The quantitative estimate of drug-likeness (QED) is 0.347. The maximum atomic E-state index is 12.0. The smallest absolute Gasteiger partial charge is 0.288 e. The fourth-order valence-electron chi connectivity index (χ4n) is 1.29. The first-order valence-corrected chi connectivity index (χ1v) is 4.64. The molecule has 0 amide bonds. The zero-order valence-electron chi connectivity index (χ0n) is 9.01. The Kier molecular flexibility index (Phi) is 4.14. The van der Waals surface area contributed by atoms with Crippen LogP contribution in [-0.2, 0) is 9.78 Å². The molecule has 0 saturated carbocycles. The molecule has 1 aromatic rings. The van der Waals surface area contributed by atoms with E-state index in [1.807, 2.05) is 0 Å². The molecule has 0 atom stereocenters. The number of ketones is 1. The van der Waals surface area contributed by atoms with Gasteiger partial charge in [-0.3, -0.25) is 4.79 Å². The van der Waals surface area contributed by atoms with E-state index in [-0.39, 0.29) is 11.5 Å². The summed E-state index contributed by atoms with van der Waals surface area (Å²) in [5, 5.41) is 17.5. The van der Waals surface area contributed by atoms with E-state index in [4.69, 9.17) is 10.5 Å². The van der Waals surface area contributed by atoms with Crippen molar-refractivity contribution in [2.24, 2.45) is 0 Å². The van der Waals surface area contributed by atoms with Crippen LogP contribution in [-0.4, -0.2) is 22.1 Å². The van der Waals surface area contributed by atoms with E-state index >= 15 is 0 Å². The average Bonchev–Trinajstić information content (AvgIpc) is 2.32. The zero-order valence-corrected chi connectivity index (χ0v) is 9.01. The minimum Gasteiger partial charge on any atom is -0.288 e. The molecular weight excluding hydrogens is 212 g/mol. The van der Waals surface area contributed by atoms with Gasteiger partial charge in [-0.2, -0.15) is 9.78 Å². The van der Waals surface area contributed by atoms with E-state index in [9.17, 15) is 4.79 Å². The molecule has 1 radical (unpaired) electrons. The minimum atomic E-state index is -2.17. The molecule has 87 valence electrons. The Labute approximate surface area is 93.1 Å². The molecule has 0 aliphatic carbocycles. The van der Waals surface area contributed by atoms with Crippen LogP contribution in [0.2, 0.25) is 0 Å². The summed E-state index contributed by atoms with van der Waals surface area (Å²) < 4.78 is 0. The van der Waals surface area contributed by atoms with Crippen LogP contribution in [0.15, 0.2) is 30.3 Å². The predicted octanol–water partition coefficient (Wildman–Crippen LogP) is 2.16. The second-order valence-corrected chi connectivity index (χ2v) is 3.49. The summed E-state index contributed by atoms with van der Waals surface area (Å²) in [4.78, 5) is 20.0. The van der Waals surface area contributed by atoms with E-state index in [0.717, 1.165) is 0 Å². The molecule has 0 unspecified atom stereocenters. The molecule has 0 heterocycles. The zero-order chi connectivity index (χ0) is 12.2. The number of carbonyl (C=O) groups excluding carboxylic acids is 1. The molecule has 2 N–H and O–H groups in total. The van der Waals surface area contributed by atoms with Gasteiger partial charge in [0.15, 0.2) is 0 Å². The molecule has 0 spiro atoms. The van der Waals surface area contributed by atoms with Crippen LogP contribution in [0.25, 0.3) is 0 Å². The van der Waals surface area contributed by atoms with E-state index in [1.54, 1.807) is 18.2 Å². The van der Waals surface area contributed by atoms with Gasteiger partial charge in [0.2, 0.25) is 5.78 Å². The molecule has 1 aromatic carbocycles. The maximum Gasteiger partial charge on any atom is 0.300 e. The van der Waals surface area contributed by atoms with E-state index < -0.39 is 11.6 Å². The minimum absolute atomic E-state index is 0.256. The van der Waals surface area contributed by atoms with E-state index in [0.29, 0.717) is 0 Å². The molecule has 0 aromatic heterocycles. The van der Waals surface area contributed by atoms with Crippen molar-refractivity contribution in [1.82, 2.24) is 0 Å². The van der Waals surface area contributed by atoms with E-state index in [2.05, 4.69) is 9.78 Å². The summed E-state index contributed by atoms with van der Waals surface area (Å²) in [5.41, 5.74) is 0.256. The van der Waals surface area contributed by atoms with Gasteiger partial charge in [0.25, 0.3) is 0 Å². The number of Topliss-reactive ketones (excluding diaryl/α,β-unsaturated/α-hetero) is 1. The Morgan fingerprint density at radius 1 is 1.12 bits per heavy atom. The maximum absolute atomic E-state index is 12.0. The number of rotatable bonds is 5. The molecule has 0 fully saturated rings. The molecule has 16 heavy (non-hydrogen) atoms. The second kappa shape index (κ2) is 5.18. The van der Waals surface area contributed by atoms with Crippen molar-refractivity contribution in [3.63, 3.8) is 0 Å². The van der Waals surface area contributed by atoms with Crippen molar-refractivity contribution in [3.8, 4) is 0 Å². The SMILES string of the molecule is C[C](C)C(OO)(OO)C(=O)c1ccccc1. The van der Waals surface area contributed by atoms with Crippen molar-refractivity contribution in [2.45, 2.75) is 19.6 Å². The van der Waals surface area contributed by atoms with Crippen LogP contribution in [0, 0.1) is 5.92 Å². The monoisotopic (exact) mass is 225 g/mol. The predicted molar refractivity (Wildman–Crippen MR) is 55.5 cm³/mol.